The van der Waals surface area contributed by atoms with Gasteiger partial charge in [0.25, 0.3) is 0 Å². The molecule has 0 fully saturated rings. The van der Waals surface area contributed by atoms with E-state index in [-0.39, 0.29) is 17.1 Å². The number of aromatic amines is 2. The summed E-state index contributed by atoms with van der Waals surface area (Å²) in [6, 6.07) is 2.51. The summed E-state index contributed by atoms with van der Waals surface area (Å²) in [5.41, 5.74) is -20.5. The number of H-pyrrole nitrogens is 2. The smallest absolute Gasteiger partial charge is 0.200 e. The molecule has 8 bridgehead atoms. The number of halogens is 20. The zero-order chi connectivity index (χ0) is 49.3. The molecule has 2 N–H and O–H groups in total. The van der Waals surface area contributed by atoms with Crippen LogP contribution in [0.1, 0.15) is 22.8 Å². The minimum Gasteiger partial charge on any atom is -0.354 e. The van der Waals surface area contributed by atoms with E-state index in [1.54, 1.807) is 0 Å². The summed E-state index contributed by atoms with van der Waals surface area (Å²) in [7, 11) is 0. The molecule has 9 rings (SSSR count). The normalized spacial score (nSPS) is 12.1. The molecule has 0 saturated carbocycles. The molecule has 3 aromatic heterocycles. The minimum atomic E-state index is -2.72. The van der Waals surface area contributed by atoms with Crippen molar-refractivity contribution in [3.05, 3.63) is 163 Å². The van der Waals surface area contributed by atoms with Gasteiger partial charge in [0.1, 0.15) is 0 Å². The summed E-state index contributed by atoms with van der Waals surface area (Å²) in [5, 5.41) is 0. The molecule has 4 aromatic carbocycles. The Morgan fingerprint density at radius 3 is 0.522 bits per heavy atom. The average Bonchev–Trinajstić information content (AvgIpc) is 4.18. The first-order valence-electron chi connectivity index (χ1n) is 18.3. The molecule has 25 heteroatoms. The maximum Gasteiger partial charge on any atom is 0.200 e. The second-order valence-electron chi connectivity index (χ2n) is 14.3. The Bertz CT molecular complexity index is 3120. The average molecular weight is 1040 g/mol. The zero-order valence-electron chi connectivity index (χ0n) is 32.4. The second-order valence-corrected chi connectivity index (χ2v) is 14.3. The molecule has 1 radical (unpaired) electrons. The summed E-state index contributed by atoms with van der Waals surface area (Å²) in [6.45, 7) is 0. The quantitative estimate of drug-likeness (QED) is 0.0799. The Kier molecular flexibility index (Phi) is 11.8. The fourth-order valence-corrected chi connectivity index (χ4v) is 7.56. The maximum atomic E-state index is 15.8. The molecular formula is C44H10CuF20N4. The van der Waals surface area contributed by atoms with Gasteiger partial charge in [0.2, 0.25) is 23.3 Å². The Morgan fingerprint density at radius 2 is 0.362 bits per heavy atom. The van der Waals surface area contributed by atoms with Crippen LogP contribution in [-0.2, 0) is 17.1 Å². The number of nitrogens with one attached hydrogen (secondary N) is 2. The van der Waals surface area contributed by atoms with Crippen LogP contribution in [0.15, 0.2) is 24.3 Å². The fraction of sp³-hybridized carbons (Fsp3) is 0. The van der Waals surface area contributed by atoms with Gasteiger partial charge >= 0.3 is 0 Å². The summed E-state index contributed by atoms with van der Waals surface area (Å²) in [6.07, 6.45) is 2.40. The van der Waals surface area contributed by atoms with Gasteiger partial charge in [-0.15, -0.1) is 0 Å². The number of hydrogen-bond donors (Lipinski definition) is 2. The first kappa shape index (κ1) is 48.1. The summed E-state index contributed by atoms with van der Waals surface area (Å²) in [5.74, 6) is -52.6. The maximum absolute atomic E-state index is 15.8. The number of nitrogens with zero attached hydrogens (tertiary/aromatic N) is 2. The number of benzene rings is 4. The van der Waals surface area contributed by atoms with Gasteiger partial charge in [0.05, 0.1) is 45.0 Å². The topological polar surface area (TPSA) is 57.4 Å². The van der Waals surface area contributed by atoms with Crippen molar-refractivity contribution in [1.82, 2.24) is 19.9 Å². The molecule has 5 heterocycles. The molecule has 7 aromatic rings. The van der Waals surface area contributed by atoms with Gasteiger partial charge in [-0.25, -0.2) is 97.8 Å². The van der Waals surface area contributed by atoms with Crippen LogP contribution in [0.4, 0.5) is 87.8 Å². The van der Waals surface area contributed by atoms with Crippen LogP contribution in [0.2, 0.25) is 0 Å². The Balaban J connectivity index is 0.00000642. The third-order valence-corrected chi connectivity index (χ3v) is 10.6. The zero-order valence-corrected chi connectivity index (χ0v) is 33.3. The van der Waals surface area contributed by atoms with E-state index in [0.29, 0.717) is 48.6 Å². The predicted octanol–water partition coefficient (Wildman–Crippen LogP) is 14.1. The monoisotopic (exact) mass is 1040 g/mol. The Morgan fingerprint density at radius 1 is 0.217 bits per heavy atom. The minimum absolute atomic E-state index is 0. The largest absolute Gasteiger partial charge is 0.354 e. The van der Waals surface area contributed by atoms with Crippen molar-refractivity contribution in [2.24, 2.45) is 0 Å². The van der Waals surface area contributed by atoms with Gasteiger partial charge in [-0.05, 0) is 48.6 Å². The van der Waals surface area contributed by atoms with Gasteiger partial charge in [-0.2, -0.15) is 0 Å². The molecular weight excluding hydrogens is 1030 g/mol. The summed E-state index contributed by atoms with van der Waals surface area (Å²) < 4.78 is 303. The van der Waals surface area contributed by atoms with E-state index in [1.807, 2.05) is 0 Å². The van der Waals surface area contributed by atoms with Crippen molar-refractivity contribution in [1.29, 1.82) is 0 Å². The Labute approximate surface area is 378 Å². The van der Waals surface area contributed by atoms with Gasteiger partial charge in [0.15, 0.2) is 93.1 Å². The molecule has 2 aliphatic rings. The van der Waals surface area contributed by atoms with Crippen molar-refractivity contribution in [3.63, 3.8) is 0 Å². The van der Waals surface area contributed by atoms with Crippen LogP contribution in [0.5, 0.6) is 0 Å². The van der Waals surface area contributed by atoms with E-state index in [2.05, 4.69) is 19.9 Å². The van der Waals surface area contributed by atoms with Crippen LogP contribution in [0.3, 0.4) is 0 Å². The molecule has 0 aliphatic carbocycles. The molecule has 0 unspecified atom stereocenters. The molecule has 69 heavy (non-hydrogen) atoms. The van der Waals surface area contributed by atoms with E-state index in [1.165, 1.54) is 0 Å². The molecule has 0 spiro atoms. The summed E-state index contributed by atoms with van der Waals surface area (Å²) >= 11 is 0. The predicted molar refractivity (Wildman–Crippen MR) is 200 cm³/mol. The molecule has 0 atom stereocenters. The molecule has 2 aliphatic heterocycles. The molecule has 357 valence electrons. The Hall–Kier alpha value is -7.40. The van der Waals surface area contributed by atoms with Crippen molar-refractivity contribution >= 4 is 46.4 Å². The van der Waals surface area contributed by atoms with E-state index in [4.69, 9.17) is 0 Å². The van der Waals surface area contributed by atoms with Gasteiger partial charge in [-0.3, -0.25) is 0 Å². The first-order chi connectivity index (χ1) is 32.1. The number of aromatic nitrogens is 4. The van der Waals surface area contributed by atoms with E-state index >= 15 is 35.1 Å². The van der Waals surface area contributed by atoms with Crippen molar-refractivity contribution in [2.45, 2.75) is 0 Å². The number of fused-ring (bicyclic) bond motifs is 8. The van der Waals surface area contributed by atoms with E-state index in [0.717, 1.165) is 0 Å². The van der Waals surface area contributed by atoms with Crippen LogP contribution in [0.25, 0.3) is 90.9 Å². The third-order valence-electron chi connectivity index (χ3n) is 10.6. The third kappa shape index (κ3) is 6.99. The molecule has 0 amide bonds. The van der Waals surface area contributed by atoms with Crippen LogP contribution < -0.4 is 0 Å². The standard InChI is InChI=1S/C44H10F20N4.Cu/c45-25-21(26(46)34(54)41(61)33(25)53)17-9-1-2-10(65-9)18(22-27(47)35(55)42(62)36(56)28(22)48)12-5-6-14(67-12)20(24-31(51)39(59)44(64)40(60)32(24)52)16-8-7-15(68-16)19(13-4-3-11(17)66-13)23-29(49)37(57)43(63)38(58)30(23)50;/h1-8,65,68H;. The second kappa shape index (κ2) is 17.0. The fourth-order valence-electron chi connectivity index (χ4n) is 7.56. The number of rotatable bonds is 4. The summed E-state index contributed by atoms with van der Waals surface area (Å²) in [4.78, 5) is 12.3. The van der Waals surface area contributed by atoms with Crippen molar-refractivity contribution in [2.75, 3.05) is 0 Å². The number of hydrogen-bond acceptors (Lipinski definition) is 2. The van der Waals surface area contributed by atoms with Gasteiger partial charge < -0.3 is 9.97 Å². The SMILES string of the molecule is Fc1c(F)c(F)c(-c2c3nc(c(-c4c(F)c(F)c(F)c(F)c4F)c4ccc([nH]4)c(-c4c(F)c(F)c(F)c(F)c4F)c4nc(c(-c5c(F)c(F)c(F)c(F)c5F)c5ccc2[nH]5)C=C4)C=C3)c(F)c1F.[Cu]. The molecule has 4 nitrogen and oxygen atoms in total. The van der Waals surface area contributed by atoms with E-state index < -0.39 is 206 Å². The van der Waals surface area contributed by atoms with Crippen LogP contribution in [-0.4, -0.2) is 19.9 Å². The van der Waals surface area contributed by atoms with Crippen molar-refractivity contribution < 1.29 is 105 Å². The first-order valence-corrected chi connectivity index (χ1v) is 18.3. The van der Waals surface area contributed by atoms with Gasteiger partial charge in [0, 0.05) is 61.4 Å². The van der Waals surface area contributed by atoms with Gasteiger partial charge in [-0.1, -0.05) is 0 Å². The van der Waals surface area contributed by atoms with Crippen LogP contribution in [0, 0.1) is 116 Å². The molecule has 0 saturated heterocycles. The van der Waals surface area contributed by atoms with Crippen LogP contribution >= 0.6 is 0 Å². The van der Waals surface area contributed by atoms with Crippen molar-refractivity contribution in [3.8, 4) is 44.5 Å². The van der Waals surface area contributed by atoms with E-state index in [9.17, 15) is 52.7 Å².